The Bertz CT molecular complexity index is 1960. The molecule has 0 aliphatic rings. The number of aromatic nitrogens is 3. The van der Waals surface area contributed by atoms with Crippen molar-refractivity contribution in [1.82, 2.24) is 19.7 Å². The van der Waals surface area contributed by atoms with Gasteiger partial charge in [0.2, 0.25) is 0 Å². The molecule has 2 heterocycles. The van der Waals surface area contributed by atoms with Crippen LogP contribution in [0.25, 0.3) is 33.7 Å². The predicted molar refractivity (Wildman–Crippen MR) is 201 cm³/mol. The van der Waals surface area contributed by atoms with Crippen LogP contribution in [0.1, 0.15) is 52.6 Å². The lowest BCUT2D eigenvalue weighted by atomic mass is 9.91. The Morgan fingerprint density at radius 1 is 1.06 bits per heavy atom. The minimum Gasteiger partial charge on any atom is -0.494 e. The van der Waals surface area contributed by atoms with Crippen LogP contribution in [-0.2, 0) is 18.9 Å². The highest BCUT2D eigenvalue weighted by Crippen LogP contribution is 2.44. The van der Waals surface area contributed by atoms with Gasteiger partial charge in [0.15, 0.2) is 0 Å². The molecule has 0 spiro atoms. The molecule has 258 valence electrons. The van der Waals surface area contributed by atoms with E-state index < -0.39 is 5.97 Å². The number of fused-ring (bicyclic) bond motifs is 1. The average molecular weight is 705 g/mol. The Hall–Kier alpha value is -4.57. The van der Waals surface area contributed by atoms with Crippen molar-refractivity contribution in [3.63, 3.8) is 0 Å². The van der Waals surface area contributed by atoms with Crippen LogP contribution in [0, 0.1) is 13.8 Å². The van der Waals surface area contributed by atoms with Gasteiger partial charge in [-0.3, -0.25) is 4.68 Å². The van der Waals surface area contributed by atoms with Gasteiger partial charge in [-0.25, -0.2) is 4.79 Å². The van der Waals surface area contributed by atoms with Crippen LogP contribution >= 0.6 is 23.2 Å². The minimum atomic E-state index is -0.959. The molecular formula is C38H43Cl2N5O4. The molecule has 9 nitrogen and oxygen atoms in total. The zero-order chi connectivity index (χ0) is 35.8. The van der Waals surface area contributed by atoms with E-state index in [9.17, 15) is 9.90 Å². The number of nitrogens with zero attached hydrogens (tertiary/aromatic N) is 3. The first-order valence-corrected chi connectivity index (χ1v) is 16.7. The van der Waals surface area contributed by atoms with E-state index in [-0.39, 0.29) is 11.6 Å². The molecular weight excluding hydrogens is 661 g/mol. The number of carbonyl (C=O) groups is 2. The van der Waals surface area contributed by atoms with Crippen LogP contribution in [0.4, 0.5) is 5.69 Å². The summed E-state index contributed by atoms with van der Waals surface area (Å²) in [5.41, 5.74) is 8.94. The van der Waals surface area contributed by atoms with Crippen molar-refractivity contribution in [3.8, 4) is 16.9 Å². The Morgan fingerprint density at radius 2 is 1.78 bits per heavy atom. The second-order valence-corrected chi connectivity index (χ2v) is 12.8. The highest BCUT2D eigenvalue weighted by molar-refractivity contribution is 6.34. The molecule has 0 amide bonds. The van der Waals surface area contributed by atoms with Gasteiger partial charge in [-0.2, -0.15) is 5.10 Å². The number of nitrogens with one attached hydrogen (secondary N) is 2. The smallest absolute Gasteiger partial charge is 0.335 e. The molecule has 0 aliphatic carbocycles. The number of carboxylic acid groups (broad SMARTS) is 1. The standard InChI is InChI=1S/C37H41Cl2N5O3.CH2O/c1-22(20-40-4)41-36-30(14-15-32(39)35(36)34-23(2)42-44(6)24(34)3)25(8-7-17-47-29-12-10-28(38)11-13-29)18-27-21-43(5)33-16-9-26(37(45)46)19-31(27)33;1-2/h9-16,18-19,21-22,40-41H,7-8,17,20H2,1-6H3,(H,45,46);1H2/b25-18+;/t22-;/m1./s1. The molecule has 0 radical (unpaired) electrons. The zero-order valence-corrected chi connectivity index (χ0v) is 30.2. The summed E-state index contributed by atoms with van der Waals surface area (Å²) in [6, 6.07) is 16.7. The zero-order valence-electron chi connectivity index (χ0n) is 28.7. The number of benzene rings is 3. The van der Waals surface area contributed by atoms with Crippen molar-refractivity contribution in [1.29, 1.82) is 0 Å². The van der Waals surface area contributed by atoms with Crippen LogP contribution in [0.15, 0.2) is 60.8 Å². The molecule has 0 bridgehead atoms. The number of carbonyl (C=O) groups excluding carboxylic acids is 1. The van der Waals surface area contributed by atoms with Crippen molar-refractivity contribution in [2.24, 2.45) is 14.1 Å². The Kier molecular flexibility index (Phi) is 12.7. The minimum absolute atomic E-state index is 0.0819. The first-order chi connectivity index (χ1) is 23.5. The summed E-state index contributed by atoms with van der Waals surface area (Å²) in [6.45, 7) is 9.44. The van der Waals surface area contributed by atoms with E-state index in [1.54, 1.807) is 12.1 Å². The predicted octanol–water partition coefficient (Wildman–Crippen LogP) is 8.44. The van der Waals surface area contributed by atoms with E-state index in [2.05, 4.69) is 36.6 Å². The second kappa shape index (κ2) is 16.7. The maximum atomic E-state index is 11.9. The van der Waals surface area contributed by atoms with E-state index in [4.69, 9.17) is 37.8 Å². The van der Waals surface area contributed by atoms with E-state index in [0.29, 0.717) is 23.1 Å². The third-order valence-electron chi connectivity index (χ3n) is 8.43. The van der Waals surface area contributed by atoms with Crippen molar-refractivity contribution in [2.75, 3.05) is 25.5 Å². The van der Waals surface area contributed by atoms with Gasteiger partial charge >= 0.3 is 5.97 Å². The number of rotatable bonds is 13. The summed E-state index contributed by atoms with van der Waals surface area (Å²) in [5, 5.41) is 23.7. The lowest BCUT2D eigenvalue weighted by molar-refractivity contribution is -0.0980. The molecule has 0 saturated heterocycles. The van der Waals surface area contributed by atoms with Gasteiger partial charge in [-0.15, -0.1) is 0 Å². The van der Waals surface area contributed by atoms with E-state index in [1.165, 1.54) is 0 Å². The Morgan fingerprint density at radius 3 is 2.41 bits per heavy atom. The first kappa shape index (κ1) is 37.3. The van der Waals surface area contributed by atoms with Gasteiger partial charge < -0.3 is 29.8 Å². The van der Waals surface area contributed by atoms with Gasteiger partial charge in [-0.1, -0.05) is 29.3 Å². The van der Waals surface area contributed by atoms with Crippen molar-refractivity contribution < 1.29 is 19.4 Å². The quantitative estimate of drug-likeness (QED) is 0.106. The fraction of sp³-hybridized carbons (Fsp3) is 0.289. The van der Waals surface area contributed by atoms with Gasteiger partial charge in [-0.05, 0) is 101 Å². The molecule has 0 unspecified atom stereocenters. The number of halogens is 2. The summed E-state index contributed by atoms with van der Waals surface area (Å²) >= 11 is 13.1. The van der Waals surface area contributed by atoms with E-state index >= 15 is 0 Å². The SMILES string of the molecule is C=O.CNC[C@@H](C)Nc1c(/C(=C/c2cn(C)c3ccc(C(=O)O)cc23)CCCOc2ccc(Cl)cc2)ccc(Cl)c1-c1c(C)nn(C)c1C. The lowest BCUT2D eigenvalue weighted by Crippen LogP contribution is -2.28. The third kappa shape index (κ3) is 8.54. The van der Waals surface area contributed by atoms with Gasteiger partial charge in [0.05, 0.1) is 28.6 Å². The number of anilines is 1. The van der Waals surface area contributed by atoms with E-state index in [1.807, 2.05) is 86.7 Å². The molecule has 0 saturated carbocycles. The second-order valence-electron chi connectivity index (χ2n) is 11.9. The number of ether oxygens (including phenoxy) is 1. The van der Waals surface area contributed by atoms with Crippen LogP contribution < -0.4 is 15.4 Å². The van der Waals surface area contributed by atoms with E-state index in [0.717, 1.165) is 74.5 Å². The number of aryl methyl sites for hydroxylation is 3. The number of aromatic carboxylic acids is 1. The molecule has 11 heteroatoms. The largest absolute Gasteiger partial charge is 0.494 e. The Labute approximate surface area is 297 Å². The molecule has 3 aromatic carbocycles. The van der Waals surface area contributed by atoms with Crippen LogP contribution in [-0.4, -0.2) is 58.5 Å². The topological polar surface area (TPSA) is 110 Å². The summed E-state index contributed by atoms with van der Waals surface area (Å²) < 4.78 is 9.99. The lowest BCUT2D eigenvalue weighted by Gasteiger charge is -2.24. The fourth-order valence-electron chi connectivity index (χ4n) is 6.10. The highest BCUT2D eigenvalue weighted by atomic mass is 35.5. The highest BCUT2D eigenvalue weighted by Gasteiger charge is 2.24. The molecule has 3 N–H and O–H groups in total. The molecule has 5 rings (SSSR count). The maximum Gasteiger partial charge on any atom is 0.335 e. The summed E-state index contributed by atoms with van der Waals surface area (Å²) in [4.78, 5) is 19.9. The third-order valence-corrected chi connectivity index (χ3v) is 9.00. The van der Waals surface area contributed by atoms with Crippen molar-refractivity contribution in [2.45, 2.75) is 39.7 Å². The summed E-state index contributed by atoms with van der Waals surface area (Å²) in [7, 11) is 5.85. The summed E-state index contributed by atoms with van der Waals surface area (Å²) in [5.74, 6) is -0.199. The van der Waals surface area contributed by atoms with Crippen molar-refractivity contribution >= 4 is 64.2 Å². The first-order valence-electron chi connectivity index (χ1n) is 15.9. The monoisotopic (exact) mass is 703 g/mol. The molecule has 0 aliphatic heterocycles. The number of carboxylic acids is 1. The fourth-order valence-corrected chi connectivity index (χ4v) is 6.48. The van der Waals surface area contributed by atoms with Crippen LogP contribution in [0.3, 0.4) is 0 Å². The van der Waals surface area contributed by atoms with Crippen LogP contribution in [0.5, 0.6) is 5.75 Å². The number of hydrogen-bond acceptors (Lipinski definition) is 6. The van der Waals surface area contributed by atoms with Gasteiger partial charge in [0, 0.05) is 76.8 Å². The molecule has 5 aromatic rings. The van der Waals surface area contributed by atoms with Crippen molar-refractivity contribution in [3.05, 3.63) is 98.9 Å². The molecule has 49 heavy (non-hydrogen) atoms. The maximum absolute atomic E-state index is 11.9. The number of allylic oxidation sites excluding steroid dienone is 1. The van der Waals surface area contributed by atoms with Gasteiger partial charge in [0.1, 0.15) is 12.5 Å². The normalized spacial score (nSPS) is 12.0. The molecule has 2 aromatic heterocycles. The van der Waals surface area contributed by atoms with Gasteiger partial charge in [0.25, 0.3) is 0 Å². The van der Waals surface area contributed by atoms with Crippen LogP contribution in [0.2, 0.25) is 10.0 Å². The number of likely N-dealkylation sites (N-methyl/N-ethyl adjacent to an activating group) is 1. The Balaban J connectivity index is 0.00000265. The molecule has 1 atom stereocenters. The number of hydrogen-bond donors (Lipinski definition) is 3. The molecule has 0 fully saturated rings. The average Bonchev–Trinajstić information content (AvgIpc) is 3.52. The summed E-state index contributed by atoms with van der Waals surface area (Å²) in [6.07, 6.45) is 5.63.